The van der Waals surface area contributed by atoms with Crippen molar-refractivity contribution in [1.29, 1.82) is 0 Å². The van der Waals surface area contributed by atoms with Gasteiger partial charge in [0.1, 0.15) is 18.0 Å². The summed E-state index contributed by atoms with van der Waals surface area (Å²) >= 11 is 0. The molecule has 10 heteroatoms. The minimum Gasteiger partial charge on any atom is -0.444 e. The quantitative estimate of drug-likeness (QED) is 0.286. The van der Waals surface area contributed by atoms with Crippen molar-refractivity contribution in [3.05, 3.63) is 114 Å². The number of nitrogens with one attached hydrogen (secondary N) is 1. The number of aromatic nitrogens is 1. The van der Waals surface area contributed by atoms with E-state index in [9.17, 15) is 22.4 Å². The predicted molar refractivity (Wildman–Crippen MR) is 146 cm³/mol. The number of halogens is 1. The number of anilines is 1. The lowest BCUT2D eigenvalue weighted by atomic mass is 10.0. The van der Waals surface area contributed by atoms with Gasteiger partial charge in [-0.3, -0.25) is 9.59 Å². The lowest BCUT2D eigenvalue weighted by molar-refractivity contribution is -0.132. The van der Waals surface area contributed by atoms with Crippen molar-refractivity contribution < 1.29 is 26.8 Å². The zero-order valence-electron chi connectivity index (χ0n) is 21.0. The molecule has 3 aromatic carbocycles. The monoisotopic (exact) mass is 547 g/mol. The first-order chi connectivity index (χ1) is 18.8. The van der Waals surface area contributed by atoms with Crippen molar-refractivity contribution >= 4 is 33.6 Å². The lowest BCUT2D eigenvalue weighted by Crippen LogP contribution is -2.46. The van der Waals surface area contributed by atoms with Gasteiger partial charge in [0, 0.05) is 24.2 Å². The molecule has 0 aliphatic heterocycles. The molecule has 0 saturated heterocycles. The molecule has 1 N–H and O–H groups in total. The summed E-state index contributed by atoms with van der Waals surface area (Å²) in [6, 6.07) is 22.9. The number of para-hydroxylation sites is 1. The van der Waals surface area contributed by atoms with Gasteiger partial charge in [-0.25, -0.2) is 22.5 Å². The number of amides is 2. The van der Waals surface area contributed by atoms with E-state index in [1.54, 1.807) is 67.6 Å². The summed E-state index contributed by atoms with van der Waals surface area (Å²) < 4.78 is 46.2. The molecule has 4 rings (SSSR count). The Morgan fingerprint density at radius 2 is 1.64 bits per heavy atom. The number of carbonyl (C=O) groups is 2. The Labute approximate surface area is 225 Å². The van der Waals surface area contributed by atoms with Gasteiger partial charge < -0.3 is 9.32 Å². The highest BCUT2D eigenvalue weighted by Gasteiger charge is 2.34. The average Bonchev–Trinajstić information content (AvgIpc) is 3.41. The second-order valence-corrected chi connectivity index (χ2v) is 10.1. The predicted octanol–water partition coefficient (Wildman–Crippen LogP) is 4.81. The fraction of sp³-hybridized carbons (Fsp3) is 0.138. The van der Waals surface area contributed by atoms with Crippen LogP contribution in [0.15, 0.2) is 101 Å². The van der Waals surface area contributed by atoms with Crippen LogP contribution in [-0.2, 0) is 26.0 Å². The minimum absolute atomic E-state index is 0.172. The fourth-order valence-electron chi connectivity index (χ4n) is 3.87. The maximum absolute atomic E-state index is 13.7. The molecular weight excluding hydrogens is 521 g/mol. The van der Waals surface area contributed by atoms with E-state index in [0.29, 0.717) is 16.8 Å². The van der Waals surface area contributed by atoms with E-state index in [-0.39, 0.29) is 24.6 Å². The van der Waals surface area contributed by atoms with E-state index in [4.69, 9.17) is 4.42 Å². The Hall–Kier alpha value is -4.57. The molecule has 0 fully saturated rings. The zero-order valence-corrected chi connectivity index (χ0v) is 21.8. The van der Waals surface area contributed by atoms with Crippen LogP contribution in [0.25, 0.3) is 17.5 Å². The van der Waals surface area contributed by atoms with E-state index >= 15 is 0 Å². The van der Waals surface area contributed by atoms with Crippen molar-refractivity contribution in [2.75, 3.05) is 11.4 Å². The second-order valence-electron chi connectivity index (χ2n) is 8.55. The molecule has 8 nitrogen and oxygen atoms in total. The molecule has 4 aromatic rings. The SMILES string of the molecule is CCN(C(=O)C(Cc1coc(-c2ccc(F)cc2)n1)C(=O)NS(=O)(=O)/C=C/c1ccccc1)c1ccccc1. The van der Waals surface area contributed by atoms with Crippen LogP contribution in [-0.4, -0.2) is 31.8 Å². The van der Waals surface area contributed by atoms with Crippen LogP contribution in [0, 0.1) is 11.7 Å². The van der Waals surface area contributed by atoms with Gasteiger partial charge in [-0.05, 0) is 55.0 Å². The molecule has 0 spiro atoms. The third-order valence-electron chi connectivity index (χ3n) is 5.80. The smallest absolute Gasteiger partial charge is 0.257 e. The zero-order chi connectivity index (χ0) is 27.8. The van der Waals surface area contributed by atoms with E-state index in [1.807, 2.05) is 4.72 Å². The average molecular weight is 548 g/mol. The van der Waals surface area contributed by atoms with Gasteiger partial charge in [-0.2, -0.15) is 0 Å². The minimum atomic E-state index is -4.22. The Balaban J connectivity index is 1.61. The third kappa shape index (κ3) is 7.26. The van der Waals surface area contributed by atoms with E-state index in [1.165, 1.54) is 41.5 Å². The first kappa shape index (κ1) is 27.5. The summed E-state index contributed by atoms with van der Waals surface area (Å²) in [4.78, 5) is 32.7. The van der Waals surface area contributed by atoms with Crippen molar-refractivity contribution in [3.8, 4) is 11.5 Å². The highest BCUT2D eigenvalue weighted by atomic mass is 32.2. The largest absolute Gasteiger partial charge is 0.444 e. The molecular formula is C29H26FN3O5S. The number of nitrogens with zero attached hydrogens (tertiary/aromatic N) is 2. The molecule has 1 heterocycles. The molecule has 0 radical (unpaired) electrons. The number of carbonyl (C=O) groups excluding carboxylic acids is 2. The highest BCUT2D eigenvalue weighted by molar-refractivity contribution is 7.93. The van der Waals surface area contributed by atoms with Gasteiger partial charge in [0.25, 0.3) is 10.0 Å². The van der Waals surface area contributed by atoms with Crippen LogP contribution in [0.1, 0.15) is 18.2 Å². The third-order valence-corrected chi connectivity index (χ3v) is 6.78. The van der Waals surface area contributed by atoms with Crippen molar-refractivity contribution in [1.82, 2.24) is 9.71 Å². The number of hydrogen-bond donors (Lipinski definition) is 1. The van der Waals surface area contributed by atoms with Crippen molar-refractivity contribution in [3.63, 3.8) is 0 Å². The molecule has 200 valence electrons. The summed E-state index contributed by atoms with van der Waals surface area (Å²) in [6.45, 7) is 1.99. The number of benzene rings is 3. The second kappa shape index (κ2) is 12.3. The fourth-order valence-corrected chi connectivity index (χ4v) is 4.69. The van der Waals surface area contributed by atoms with Gasteiger partial charge in [0.2, 0.25) is 17.7 Å². The topological polar surface area (TPSA) is 110 Å². The van der Waals surface area contributed by atoms with Crippen molar-refractivity contribution in [2.45, 2.75) is 13.3 Å². The Morgan fingerprint density at radius 1 is 1.00 bits per heavy atom. The molecule has 0 bridgehead atoms. The van der Waals surface area contributed by atoms with Crippen LogP contribution in [0.2, 0.25) is 0 Å². The Bertz CT molecular complexity index is 1550. The van der Waals surface area contributed by atoms with Gasteiger partial charge in [0.15, 0.2) is 0 Å². The molecule has 0 aliphatic carbocycles. The normalized spacial score (nSPS) is 12.3. The van der Waals surface area contributed by atoms with Crippen LogP contribution < -0.4 is 9.62 Å². The van der Waals surface area contributed by atoms with E-state index in [2.05, 4.69) is 4.98 Å². The Kier molecular flexibility index (Phi) is 8.67. The number of rotatable bonds is 10. The molecule has 39 heavy (non-hydrogen) atoms. The van der Waals surface area contributed by atoms with Crippen LogP contribution >= 0.6 is 0 Å². The summed E-state index contributed by atoms with van der Waals surface area (Å²) in [5.74, 6) is -3.29. The lowest BCUT2D eigenvalue weighted by Gasteiger charge is -2.25. The van der Waals surface area contributed by atoms with Crippen LogP contribution in [0.4, 0.5) is 10.1 Å². The standard InChI is InChI=1S/C29H26FN3O5S/c1-2-33(25-11-7-4-8-12-25)29(35)26(19-24-20-38-28(31-24)22-13-15-23(30)16-14-22)27(34)32-39(36,37)18-17-21-9-5-3-6-10-21/h3-18,20,26H,2,19H2,1H3,(H,32,34)/b18-17+. The Morgan fingerprint density at radius 3 is 2.28 bits per heavy atom. The van der Waals surface area contributed by atoms with Gasteiger partial charge in [-0.15, -0.1) is 0 Å². The molecule has 1 unspecified atom stereocenters. The summed E-state index contributed by atoms with van der Waals surface area (Å²) in [5, 5.41) is 0.874. The molecule has 2 amide bonds. The molecule has 1 aromatic heterocycles. The van der Waals surface area contributed by atoms with Crippen LogP contribution in [0.5, 0.6) is 0 Å². The number of oxazole rings is 1. The van der Waals surface area contributed by atoms with Crippen molar-refractivity contribution in [2.24, 2.45) is 5.92 Å². The summed E-state index contributed by atoms with van der Waals surface area (Å²) in [5.41, 5.74) is 1.94. The van der Waals surface area contributed by atoms with E-state index < -0.39 is 33.6 Å². The summed E-state index contributed by atoms with van der Waals surface area (Å²) in [6.07, 6.45) is 2.41. The highest BCUT2D eigenvalue weighted by Crippen LogP contribution is 2.23. The summed E-state index contributed by atoms with van der Waals surface area (Å²) in [7, 11) is -4.22. The van der Waals surface area contributed by atoms with E-state index in [0.717, 1.165) is 5.41 Å². The first-order valence-electron chi connectivity index (χ1n) is 12.1. The maximum atomic E-state index is 13.7. The van der Waals surface area contributed by atoms with Gasteiger partial charge >= 0.3 is 0 Å². The van der Waals surface area contributed by atoms with Crippen LogP contribution in [0.3, 0.4) is 0 Å². The van der Waals surface area contributed by atoms with Gasteiger partial charge in [-0.1, -0.05) is 48.5 Å². The number of hydrogen-bond acceptors (Lipinski definition) is 6. The maximum Gasteiger partial charge on any atom is 0.257 e. The first-order valence-corrected chi connectivity index (χ1v) is 13.7. The molecule has 0 saturated carbocycles. The molecule has 1 atom stereocenters. The number of sulfonamides is 1. The molecule has 0 aliphatic rings. The van der Waals surface area contributed by atoms with Gasteiger partial charge in [0.05, 0.1) is 11.1 Å².